The van der Waals surface area contributed by atoms with E-state index in [0.717, 1.165) is 38.6 Å². The summed E-state index contributed by atoms with van der Waals surface area (Å²) in [5, 5.41) is 2.95. The number of likely N-dealkylation sites (tertiary alicyclic amines) is 1. The van der Waals surface area contributed by atoms with Gasteiger partial charge in [0.05, 0.1) is 31.9 Å². The Labute approximate surface area is 135 Å². The molecule has 0 spiro atoms. The van der Waals surface area contributed by atoms with Crippen molar-refractivity contribution in [3.05, 3.63) is 24.2 Å². The largest absolute Gasteiger partial charge is 0.467 e. The predicted octanol–water partition coefficient (Wildman–Crippen LogP) is 0.0765. The number of nitrogens with one attached hydrogen (secondary N) is 1. The van der Waals surface area contributed by atoms with E-state index in [1.54, 1.807) is 17.2 Å². The Morgan fingerprint density at radius 1 is 1.35 bits per heavy atom. The van der Waals surface area contributed by atoms with Gasteiger partial charge in [0.25, 0.3) is 0 Å². The number of ether oxygens (including phenoxy) is 1. The van der Waals surface area contributed by atoms with Crippen LogP contribution < -0.4 is 5.32 Å². The molecule has 1 N–H and O–H groups in total. The zero-order valence-corrected chi connectivity index (χ0v) is 13.2. The summed E-state index contributed by atoms with van der Waals surface area (Å²) in [5.41, 5.74) is 0. The van der Waals surface area contributed by atoms with Crippen LogP contribution in [0.15, 0.2) is 22.8 Å². The van der Waals surface area contributed by atoms with E-state index in [1.807, 2.05) is 6.07 Å². The van der Waals surface area contributed by atoms with Gasteiger partial charge in [-0.15, -0.1) is 0 Å². The Balaban J connectivity index is 1.40. The predicted molar refractivity (Wildman–Crippen MR) is 82.5 cm³/mol. The molecule has 2 amide bonds. The lowest BCUT2D eigenvalue weighted by atomic mass is 10.1. The van der Waals surface area contributed by atoms with Gasteiger partial charge in [-0.25, -0.2) is 0 Å². The number of hydrogen-bond acceptors (Lipinski definition) is 5. The quantitative estimate of drug-likeness (QED) is 0.803. The van der Waals surface area contributed by atoms with Crippen LogP contribution in [0.1, 0.15) is 12.2 Å². The molecule has 7 heteroatoms. The lowest BCUT2D eigenvalue weighted by molar-refractivity contribution is -0.129. The average molecular weight is 321 g/mol. The van der Waals surface area contributed by atoms with Gasteiger partial charge in [0, 0.05) is 39.1 Å². The monoisotopic (exact) mass is 321 g/mol. The second-order valence-electron chi connectivity index (χ2n) is 6.00. The molecule has 0 unspecified atom stereocenters. The highest BCUT2D eigenvalue weighted by molar-refractivity contribution is 5.89. The number of nitrogens with zero attached hydrogens (tertiary/aromatic N) is 2. The third kappa shape index (κ3) is 4.33. The van der Waals surface area contributed by atoms with Crippen molar-refractivity contribution in [2.24, 2.45) is 5.92 Å². The zero-order valence-electron chi connectivity index (χ0n) is 13.2. The molecule has 23 heavy (non-hydrogen) atoms. The third-order valence-electron chi connectivity index (χ3n) is 4.34. The molecule has 0 aliphatic carbocycles. The highest BCUT2D eigenvalue weighted by Gasteiger charge is 2.34. The van der Waals surface area contributed by atoms with Crippen LogP contribution in [0, 0.1) is 5.92 Å². The normalized spacial score (nSPS) is 22.5. The molecule has 2 aliphatic rings. The first-order valence-electron chi connectivity index (χ1n) is 8.10. The van der Waals surface area contributed by atoms with Crippen LogP contribution in [0.2, 0.25) is 0 Å². The van der Waals surface area contributed by atoms with E-state index in [2.05, 4.69) is 10.2 Å². The van der Waals surface area contributed by atoms with E-state index >= 15 is 0 Å². The van der Waals surface area contributed by atoms with Crippen LogP contribution >= 0.6 is 0 Å². The fourth-order valence-electron chi connectivity index (χ4n) is 3.00. The number of rotatable bonds is 6. The minimum Gasteiger partial charge on any atom is -0.467 e. The molecular formula is C16H23N3O4. The van der Waals surface area contributed by atoms with Crippen molar-refractivity contribution < 1.29 is 18.7 Å². The van der Waals surface area contributed by atoms with Crippen LogP contribution in [-0.4, -0.2) is 67.6 Å². The second-order valence-corrected chi connectivity index (χ2v) is 6.00. The van der Waals surface area contributed by atoms with Crippen LogP contribution in [0.4, 0.5) is 0 Å². The van der Waals surface area contributed by atoms with Crippen LogP contribution in [0.3, 0.4) is 0 Å². The molecule has 3 rings (SSSR count). The standard InChI is InChI=1S/C16H23N3O4/c20-15-10-13(11-19(15)12-14-2-1-7-23-14)16(21)17-3-4-18-5-8-22-9-6-18/h1-2,7,13H,3-6,8-12H2,(H,17,21)/t13-/m1/s1. The van der Waals surface area contributed by atoms with E-state index in [4.69, 9.17) is 9.15 Å². The molecule has 2 fully saturated rings. The zero-order chi connectivity index (χ0) is 16.1. The van der Waals surface area contributed by atoms with E-state index in [1.165, 1.54) is 0 Å². The number of carbonyl (C=O) groups is 2. The Kier molecular flexibility index (Phi) is 5.30. The van der Waals surface area contributed by atoms with Crippen molar-refractivity contribution in [2.45, 2.75) is 13.0 Å². The number of furan rings is 1. The number of carbonyl (C=O) groups excluding carboxylic acids is 2. The molecule has 0 aromatic carbocycles. The Morgan fingerprint density at radius 3 is 2.91 bits per heavy atom. The first-order chi connectivity index (χ1) is 11.2. The summed E-state index contributed by atoms with van der Waals surface area (Å²) in [6.45, 7) is 5.67. The third-order valence-corrected chi connectivity index (χ3v) is 4.34. The SMILES string of the molecule is O=C(NCCN1CCOCC1)[C@@H]1CC(=O)N(Cc2ccco2)C1. The highest BCUT2D eigenvalue weighted by atomic mass is 16.5. The molecule has 2 saturated heterocycles. The summed E-state index contributed by atoms with van der Waals surface area (Å²) in [7, 11) is 0. The minimum atomic E-state index is -0.262. The highest BCUT2D eigenvalue weighted by Crippen LogP contribution is 2.20. The molecule has 7 nitrogen and oxygen atoms in total. The Hall–Kier alpha value is -1.86. The smallest absolute Gasteiger partial charge is 0.225 e. The van der Waals surface area contributed by atoms with Crippen molar-refractivity contribution in [1.29, 1.82) is 0 Å². The van der Waals surface area contributed by atoms with Gasteiger partial charge in [0.1, 0.15) is 5.76 Å². The summed E-state index contributed by atoms with van der Waals surface area (Å²) in [4.78, 5) is 28.2. The number of amides is 2. The second kappa shape index (κ2) is 7.61. The summed E-state index contributed by atoms with van der Waals surface area (Å²) >= 11 is 0. The van der Waals surface area contributed by atoms with Gasteiger partial charge in [-0.2, -0.15) is 0 Å². The topological polar surface area (TPSA) is 75.0 Å². The lowest BCUT2D eigenvalue weighted by Gasteiger charge is -2.26. The fraction of sp³-hybridized carbons (Fsp3) is 0.625. The van der Waals surface area contributed by atoms with E-state index in [0.29, 0.717) is 19.6 Å². The van der Waals surface area contributed by atoms with Gasteiger partial charge in [0.15, 0.2) is 0 Å². The van der Waals surface area contributed by atoms with Gasteiger partial charge >= 0.3 is 0 Å². The first-order valence-corrected chi connectivity index (χ1v) is 8.10. The molecule has 1 aromatic heterocycles. The van der Waals surface area contributed by atoms with Crippen molar-refractivity contribution in [3.8, 4) is 0 Å². The van der Waals surface area contributed by atoms with Crippen LogP contribution in [-0.2, 0) is 20.9 Å². The van der Waals surface area contributed by atoms with E-state index in [9.17, 15) is 9.59 Å². The molecule has 0 bridgehead atoms. The van der Waals surface area contributed by atoms with Gasteiger partial charge < -0.3 is 19.4 Å². The van der Waals surface area contributed by atoms with Gasteiger partial charge in [0.2, 0.25) is 11.8 Å². The van der Waals surface area contributed by atoms with Crippen molar-refractivity contribution in [1.82, 2.24) is 15.1 Å². The maximum atomic E-state index is 12.2. The molecule has 3 heterocycles. The maximum absolute atomic E-state index is 12.2. The van der Waals surface area contributed by atoms with Crippen molar-refractivity contribution in [2.75, 3.05) is 45.9 Å². The molecule has 2 aliphatic heterocycles. The molecule has 126 valence electrons. The molecule has 0 saturated carbocycles. The van der Waals surface area contributed by atoms with Gasteiger partial charge in [-0.1, -0.05) is 0 Å². The van der Waals surface area contributed by atoms with Gasteiger partial charge in [-0.05, 0) is 12.1 Å². The number of morpholine rings is 1. The lowest BCUT2D eigenvalue weighted by Crippen LogP contribution is -2.42. The minimum absolute atomic E-state index is 0.00901. The van der Waals surface area contributed by atoms with Crippen LogP contribution in [0.25, 0.3) is 0 Å². The summed E-state index contributed by atoms with van der Waals surface area (Å²) in [5.74, 6) is 0.456. The van der Waals surface area contributed by atoms with Crippen LogP contribution in [0.5, 0.6) is 0 Å². The Morgan fingerprint density at radius 2 is 2.17 bits per heavy atom. The number of hydrogen-bond donors (Lipinski definition) is 1. The molecular weight excluding hydrogens is 298 g/mol. The van der Waals surface area contributed by atoms with Crippen molar-refractivity contribution in [3.63, 3.8) is 0 Å². The van der Waals surface area contributed by atoms with E-state index in [-0.39, 0.29) is 24.2 Å². The van der Waals surface area contributed by atoms with E-state index < -0.39 is 0 Å². The summed E-state index contributed by atoms with van der Waals surface area (Å²) in [6, 6.07) is 3.63. The molecule has 1 aromatic rings. The fourth-order valence-corrected chi connectivity index (χ4v) is 3.00. The maximum Gasteiger partial charge on any atom is 0.225 e. The molecule has 0 radical (unpaired) electrons. The summed E-state index contributed by atoms with van der Waals surface area (Å²) < 4.78 is 10.6. The summed E-state index contributed by atoms with van der Waals surface area (Å²) in [6.07, 6.45) is 1.87. The van der Waals surface area contributed by atoms with Gasteiger partial charge in [-0.3, -0.25) is 14.5 Å². The van der Waals surface area contributed by atoms with Crippen molar-refractivity contribution >= 4 is 11.8 Å². The molecule has 1 atom stereocenters. The average Bonchev–Trinajstić information content (AvgIpc) is 3.19. The first kappa shape index (κ1) is 16.0. The Bertz CT molecular complexity index is 525.